The van der Waals surface area contributed by atoms with Gasteiger partial charge in [0.25, 0.3) is 0 Å². The lowest BCUT2D eigenvalue weighted by atomic mass is 9.77. The number of anilines is 1. The number of benzene rings is 1. The van der Waals surface area contributed by atoms with E-state index in [0.29, 0.717) is 11.3 Å². The molecular weight excluding hydrogens is 218 g/mol. The summed E-state index contributed by atoms with van der Waals surface area (Å²) in [5.41, 5.74) is 11.3. The Kier molecular flexibility index (Phi) is 2.85. The van der Waals surface area contributed by atoms with Crippen LogP contribution in [0.4, 0.5) is 5.69 Å². The van der Waals surface area contributed by atoms with Crippen LogP contribution in [0.25, 0.3) is 0 Å². The summed E-state index contributed by atoms with van der Waals surface area (Å²) >= 11 is 0. The Hall–Kier alpha value is -1.88. The highest BCUT2D eigenvalue weighted by atomic mass is 16.2. The maximum Gasteiger partial charge on any atom is 0.248 e. The van der Waals surface area contributed by atoms with E-state index in [4.69, 9.17) is 11.5 Å². The number of amides is 2. The highest BCUT2D eigenvalue weighted by Gasteiger charge is 2.40. The van der Waals surface area contributed by atoms with Gasteiger partial charge in [-0.15, -0.1) is 0 Å². The van der Waals surface area contributed by atoms with Crippen molar-refractivity contribution in [1.29, 1.82) is 0 Å². The van der Waals surface area contributed by atoms with Crippen molar-refractivity contribution in [3.63, 3.8) is 0 Å². The lowest BCUT2D eigenvalue weighted by Crippen LogP contribution is -2.56. The molecule has 1 saturated carbocycles. The maximum absolute atomic E-state index is 11.8. The lowest BCUT2D eigenvalue weighted by molar-refractivity contribution is -0.123. The fourth-order valence-corrected chi connectivity index (χ4v) is 1.76. The molecule has 1 aliphatic carbocycles. The molecule has 0 aliphatic heterocycles. The SMILES string of the molecule is NC(=O)c1ccc(NC(=O)C2(N)CCC2)cc1. The van der Waals surface area contributed by atoms with Crippen LogP contribution in [-0.4, -0.2) is 17.4 Å². The topological polar surface area (TPSA) is 98.2 Å². The average molecular weight is 233 g/mol. The molecule has 0 aromatic heterocycles. The van der Waals surface area contributed by atoms with Crippen LogP contribution in [-0.2, 0) is 4.79 Å². The summed E-state index contributed by atoms with van der Waals surface area (Å²) in [6.07, 6.45) is 2.43. The number of nitrogens with two attached hydrogens (primary N) is 2. The van der Waals surface area contributed by atoms with Crippen LogP contribution in [0.5, 0.6) is 0 Å². The van der Waals surface area contributed by atoms with Gasteiger partial charge in [0.1, 0.15) is 0 Å². The molecule has 1 aliphatic rings. The van der Waals surface area contributed by atoms with Crippen molar-refractivity contribution in [2.24, 2.45) is 11.5 Å². The summed E-state index contributed by atoms with van der Waals surface area (Å²) < 4.78 is 0. The minimum absolute atomic E-state index is 0.171. The van der Waals surface area contributed by atoms with E-state index in [1.54, 1.807) is 24.3 Å². The molecule has 2 amide bonds. The van der Waals surface area contributed by atoms with Crippen LogP contribution in [0.15, 0.2) is 24.3 Å². The van der Waals surface area contributed by atoms with Crippen LogP contribution >= 0.6 is 0 Å². The fourth-order valence-electron chi connectivity index (χ4n) is 1.76. The summed E-state index contributed by atoms with van der Waals surface area (Å²) in [5, 5.41) is 2.73. The molecule has 1 fully saturated rings. The molecule has 0 saturated heterocycles. The lowest BCUT2D eigenvalue weighted by Gasteiger charge is -2.36. The first-order chi connectivity index (χ1) is 8.01. The zero-order valence-electron chi connectivity index (χ0n) is 9.40. The third-order valence-electron chi connectivity index (χ3n) is 3.13. The van der Waals surface area contributed by atoms with Crippen molar-refractivity contribution < 1.29 is 9.59 Å². The first-order valence-corrected chi connectivity index (χ1v) is 5.51. The molecule has 0 radical (unpaired) electrons. The van der Waals surface area contributed by atoms with Crippen LogP contribution < -0.4 is 16.8 Å². The Morgan fingerprint density at radius 2 is 1.76 bits per heavy atom. The predicted molar refractivity (Wildman–Crippen MR) is 64.4 cm³/mol. The van der Waals surface area contributed by atoms with E-state index in [-0.39, 0.29) is 5.91 Å². The van der Waals surface area contributed by atoms with Crippen molar-refractivity contribution in [3.8, 4) is 0 Å². The van der Waals surface area contributed by atoms with Gasteiger partial charge >= 0.3 is 0 Å². The normalized spacial score (nSPS) is 17.0. The number of hydrogen-bond donors (Lipinski definition) is 3. The zero-order chi connectivity index (χ0) is 12.5. The van der Waals surface area contributed by atoms with Crippen LogP contribution in [0, 0.1) is 0 Å². The van der Waals surface area contributed by atoms with E-state index in [1.165, 1.54) is 0 Å². The van der Waals surface area contributed by atoms with Crippen molar-refractivity contribution in [3.05, 3.63) is 29.8 Å². The number of primary amides is 1. The van der Waals surface area contributed by atoms with Gasteiger partial charge in [0, 0.05) is 11.3 Å². The standard InChI is InChI=1S/C12H15N3O2/c13-10(16)8-2-4-9(5-3-8)15-11(17)12(14)6-1-7-12/h2-5H,1,6-7,14H2,(H2,13,16)(H,15,17). The van der Waals surface area contributed by atoms with Crippen LogP contribution in [0.3, 0.4) is 0 Å². The first kappa shape index (κ1) is 11.6. The Bertz CT molecular complexity index is 449. The summed E-state index contributed by atoms with van der Waals surface area (Å²) in [5.74, 6) is -0.660. The molecule has 5 N–H and O–H groups in total. The average Bonchev–Trinajstić information content (AvgIpc) is 2.26. The van der Waals surface area contributed by atoms with E-state index < -0.39 is 11.4 Å². The second-order valence-electron chi connectivity index (χ2n) is 4.41. The molecule has 0 atom stereocenters. The van der Waals surface area contributed by atoms with E-state index in [9.17, 15) is 9.59 Å². The molecule has 0 unspecified atom stereocenters. The second-order valence-corrected chi connectivity index (χ2v) is 4.41. The Morgan fingerprint density at radius 3 is 2.18 bits per heavy atom. The smallest absolute Gasteiger partial charge is 0.248 e. The van der Waals surface area contributed by atoms with E-state index in [2.05, 4.69) is 5.32 Å². The molecule has 2 rings (SSSR count). The van der Waals surface area contributed by atoms with Gasteiger partial charge in [0.05, 0.1) is 5.54 Å². The third kappa shape index (κ3) is 2.29. The van der Waals surface area contributed by atoms with Crippen LogP contribution in [0.1, 0.15) is 29.6 Å². The largest absolute Gasteiger partial charge is 0.366 e. The highest BCUT2D eigenvalue weighted by molar-refractivity contribution is 5.99. The summed E-state index contributed by atoms with van der Waals surface area (Å²) in [6.45, 7) is 0. The van der Waals surface area contributed by atoms with E-state index in [1.807, 2.05) is 0 Å². The number of nitrogens with one attached hydrogen (secondary N) is 1. The predicted octanol–water partition coefficient (Wildman–Crippen LogP) is 0.605. The summed E-state index contributed by atoms with van der Waals surface area (Å²) in [6, 6.07) is 6.42. The monoisotopic (exact) mass is 233 g/mol. The van der Waals surface area contributed by atoms with E-state index >= 15 is 0 Å². The molecular formula is C12H15N3O2. The molecule has 0 heterocycles. The van der Waals surface area contributed by atoms with Gasteiger partial charge in [-0.05, 0) is 43.5 Å². The minimum atomic E-state index is -0.720. The Morgan fingerprint density at radius 1 is 1.18 bits per heavy atom. The van der Waals surface area contributed by atoms with Crippen molar-refractivity contribution in [1.82, 2.24) is 0 Å². The minimum Gasteiger partial charge on any atom is -0.366 e. The van der Waals surface area contributed by atoms with Gasteiger partial charge in [-0.1, -0.05) is 0 Å². The first-order valence-electron chi connectivity index (χ1n) is 5.51. The molecule has 0 spiro atoms. The number of carbonyl (C=O) groups excluding carboxylic acids is 2. The number of rotatable bonds is 3. The Balaban J connectivity index is 2.04. The van der Waals surface area contributed by atoms with Gasteiger partial charge in [0.15, 0.2) is 0 Å². The van der Waals surface area contributed by atoms with Crippen LogP contribution in [0.2, 0.25) is 0 Å². The van der Waals surface area contributed by atoms with Crippen molar-refractivity contribution in [2.75, 3.05) is 5.32 Å². The summed E-state index contributed by atoms with van der Waals surface area (Å²) in [4.78, 5) is 22.7. The number of hydrogen-bond acceptors (Lipinski definition) is 3. The summed E-state index contributed by atoms with van der Waals surface area (Å²) in [7, 11) is 0. The van der Waals surface area contributed by atoms with Gasteiger partial charge in [-0.2, -0.15) is 0 Å². The molecule has 17 heavy (non-hydrogen) atoms. The van der Waals surface area contributed by atoms with Gasteiger partial charge in [-0.25, -0.2) is 0 Å². The molecule has 5 nitrogen and oxygen atoms in total. The quantitative estimate of drug-likeness (QED) is 0.713. The second kappa shape index (κ2) is 4.18. The van der Waals surface area contributed by atoms with Crippen molar-refractivity contribution >= 4 is 17.5 Å². The fraction of sp³-hybridized carbons (Fsp3) is 0.333. The molecule has 1 aromatic carbocycles. The molecule has 5 heteroatoms. The highest BCUT2D eigenvalue weighted by Crippen LogP contribution is 2.30. The third-order valence-corrected chi connectivity index (χ3v) is 3.13. The molecule has 90 valence electrons. The maximum atomic E-state index is 11.8. The van der Waals surface area contributed by atoms with E-state index in [0.717, 1.165) is 19.3 Å². The Labute approximate surface area is 99.2 Å². The van der Waals surface area contributed by atoms with Gasteiger partial charge < -0.3 is 16.8 Å². The van der Waals surface area contributed by atoms with Gasteiger partial charge in [0.2, 0.25) is 11.8 Å². The molecule has 1 aromatic rings. The zero-order valence-corrected chi connectivity index (χ0v) is 9.40. The van der Waals surface area contributed by atoms with Gasteiger partial charge in [-0.3, -0.25) is 9.59 Å². The van der Waals surface area contributed by atoms with Crippen molar-refractivity contribution in [2.45, 2.75) is 24.8 Å². The molecule has 0 bridgehead atoms. The number of carbonyl (C=O) groups is 2.